The third-order valence-corrected chi connectivity index (χ3v) is 0.917. The van der Waals surface area contributed by atoms with E-state index in [1.165, 1.54) is 0 Å². The highest BCUT2D eigenvalue weighted by atomic mass is 16.6. The van der Waals surface area contributed by atoms with Gasteiger partial charge in [-0.05, 0) is 6.92 Å². The molecular weight excluding hydrogens is 92.1 g/mol. The van der Waals surface area contributed by atoms with E-state index < -0.39 is 0 Å². The highest BCUT2D eigenvalue weighted by Crippen LogP contribution is 2.12. The van der Waals surface area contributed by atoms with Crippen LogP contribution < -0.4 is 0 Å². The van der Waals surface area contributed by atoms with Crippen LogP contribution >= 0.6 is 0 Å². The van der Waals surface area contributed by atoms with E-state index in [-0.39, 0.29) is 11.9 Å². The Kier molecular flexibility index (Phi) is 1.11. The first-order valence-corrected chi connectivity index (χ1v) is 2.40. The maximum Gasteiger partial charge on any atom is 0.132 e. The number of hydrogen-bond donors (Lipinski definition) is 0. The monoisotopic (exact) mass is 100 g/mol. The second-order valence-corrected chi connectivity index (χ2v) is 1.86. The first-order valence-electron chi connectivity index (χ1n) is 2.40. The van der Waals surface area contributed by atoms with Gasteiger partial charge < -0.3 is 4.74 Å². The van der Waals surface area contributed by atoms with Crippen molar-refractivity contribution in [3.8, 4) is 0 Å². The summed E-state index contributed by atoms with van der Waals surface area (Å²) in [7, 11) is 0. The Hall–Kier alpha value is -0.370. The van der Waals surface area contributed by atoms with Crippen LogP contribution in [0.2, 0.25) is 0 Å². The van der Waals surface area contributed by atoms with Gasteiger partial charge in [-0.15, -0.1) is 0 Å². The summed E-state index contributed by atoms with van der Waals surface area (Å²) in [5.41, 5.74) is 0. The van der Waals surface area contributed by atoms with E-state index in [1.807, 2.05) is 0 Å². The summed E-state index contributed by atoms with van der Waals surface area (Å²) < 4.78 is 4.80. The predicted octanol–water partition coefficient (Wildman–Crippen LogP) is 0.364. The lowest BCUT2D eigenvalue weighted by Gasteiger charge is -1.81. The fourth-order valence-corrected chi connectivity index (χ4v) is 0.507. The van der Waals surface area contributed by atoms with Gasteiger partial charge in [-0.2, -0.15) is 0 Å². The first-order chi connectivity index (χ1) is 3.29. The third kappa shape index (κ3) is 1.69. The number of epoxide rings is 1. The molecule has 1 fully saturated rings. The van der Waals surface area contributed by atoms with Crippen LogP contribution in [0.3, 0.4) is 0 Å². The molecule has 1 unspecified atom stereocenters. The molecule has 1 heterocycles. The summed E-state index contributed by atoms with van der Waals surface area (Å²) in [6, 6.07) is 0. The molecule has 7 heavy (non-hydrogen) atoms. The van der Waals surface area contributed by atoms with E-state index in [2.05, 4.69) is 0 Å². The van der Waals surface area contributed by atoms with Gasteiger partial charge in [0.2, 0.25) is 0 Å². The Bertz CT molecular complexity index is 84.1. The molecule has 1 saturated heterocycles. The fraction of sp³-hybridized carbons (Fsp3) is 0.800. The van der Waals surface area contributed by atoms with Crippen molar-refractivity contribution < 1.29 is 9.53 Å². The molecule has 0 aromatic heterocycles. The fourth-order valence-electron chi connectivity index (χ4n) is 0.507. The molecule has 0 spiro atoms. The Labute approximate surface area is 42.5 Å². The quantitative estimate of drug-likeness (QED) is 0.469. The standard InChI is InChI=1S/C5H8O2/c1-4(6)2-5-3-7-5/h5H,2-3H2,1H3. The van der Waals surface area contributed by atoms with Crippen LogP contribution in [0.4, 0.5) is 0 Å². The maximum absolute atomic E-state index is 10.2. The van der Waals surface area contributed by atoms with Gasteiger partial charge in [-0.25, -0.2) is 0 Å². The van der Waals surface area contributed by atoms with Crippen LogP contribution in [-0.2, 0) is 9.53 Å². The van der Waals surface area contributed by atoms with E-state index in [9.17, 15) is 4.79 Å². The highest BCUT2D eigenvalue weighted by molar-refractivity contribution is 5.76. The molecule has 1 atom stereocenters. The molecule has 0 bridgehead atoms. The molecule has 0 aromatic rings. The summed E-state index contributed by atoms with van der Waals surface area (Å²) >= 11 is 0. The maximum atomic E-state index is 10.2. The number of carbonyl (C=O) groups excluding carboxylic acids is 1. The number of ketones is 1. The molecule has 0 N–H and O–H groups in total. The number of Topliss-reactive ketones (excluding diaryl/α,β-unsaturated/α-hetero) is 1. The average molecular weight is 100 g/mol. The second-order valence-electron chi connectivity index (χ2n) is 1.86. The Morgan fingerprint density at radius 2 is 2.57 bits per heavy atom. The van der Waals surface area contributed by atoms with Crippen LogP contribution in [0.5, 0.6) is 0 Å². The van der Waals surface area contributed by atoms with Crippen molar-refractivity contribution in [3.05, 3.63) is 0 Å². The predicted molar refractivity (Wildman–Crippen MR) is 25.0 cm³/mol. The number of hydrogen-bond acceptors (Lipinski definition) is 2. The Morgan fingerprint density at radius 3 is 2.71 bits per heavy atom. The lowest BCUT2D eigenvalue weighted by atomic mass is 10.2. The van der Waals surface area contributed by atoms with Crippen molar-refractivity contribution in [2.45, 2.75) is 19.4 Å². The molecule has 0 saturated carbocycles. The summed E-state index contributed by atoms with van der Waals surface area (Å²) in [5, 5.41) is 0. The molecule has 40 valence electrons. The van der Waals surface area contributed by atoms with Crippen LogP contribution in [0.15, 0.2) is 0 Å². The number of ether oxygens (including phenoxy) is 1. The zero-order valence-corrected chi connectivity index (χ0v) is 4.31. The van der Waals surface area contributed by atoms with Crippen molar-refractivity contribution in [1.82, 2.24) is 0 Å². The van der Waals surface area contributed by atoms with Crippen LogP contribution in [0, 0.1) is 0 Å². The van der Waals surface area contributed by atoms with Gasteiger partial charge in [0, 0.05) is 6.42 Å². The minimum Gasteiger partial charge on any atom is -0.373 e. The average Bonchev–Trinajstić information content (AvgIpc) is 2.17. The van der Waals surface area contributed by atoms with E-state index >= 15 is 0 Å². The van der Waals surface area contributed by atoms with Crippen molar-refractivity contribution in [2.75, 3.05) is 6.61 Å². The second kappa shape index (κ2) is 1.62. The molecule has 0 aromatic carbocycles. The minimum atomic E-state index is 0.225. The van der Waals surface area contributed by atoms with Crippen LogP contribution in [0.25, 0.3) is 0 Å². The summed E-state index contributed by atoms with van der Waals surface area (Å²) in [6.07, 6.45) is 0.887. The summed E-state index contributed by atoms with van der Waals surface area (Å²) in [6.45, 7) is 2.38. The molecule has 1 rings (SSSR count). The Morgan fingerprint density at radius 1 is 2.00 bits per heavy atom. The Balaban J connectivity index is 2.08. The molecule has 2 heteroatoms. The van der Waals surface area contributed by atoms with Gasteiger partial charge in [0.1, 0.15) is 5.78 Å². The first kappa shape index (κ1) is 4.78. The summed E-state index contributed by atoms with van der Waals surface area (Å²) in [5.74, 6) is 0.225. The van der Waals surface area contributed by atoms with Gasteiger partial charge in [0.15, 0.2) is 0 Å². The molecular formula is C5H8O2. The van der Waals surface area contributed by atoms with Gasteiger partial charge in [0.05, 0.1) is 12.7 Å². The zero-order chi connectivity index (χ0) is 5.28. The summed E-state index contributed by atoms with van der Waals surface area (Å²) in [4.78, 5) is 10.2. The highest BCUT2D eigenvalue weighted by Gasteiger charge is 2.23. The van der Waals surface area contributed by atoms with E-state index in [0.29, 0.717) is 6.42 Å². The van der Waals surface area contributed by atoms with Crippen molar-refractivity contribution in [1.29, 1.82) is 0 Å². The third-order valence-electron chi connectivity index (χ3n) is 0.917. The van der Waals surface area contributed by atoms with E-state index in [0.717, 1.165) is 6.61 Å². The lowest BCUT2D eigenvalue weighted by Crippen LogP contribution is -1.94. The molecule has 0 aliphatic carbocycles. The largest absolute Gasteiger partial charge is 0.373 e. The van der Waals surface area contributed by atoms with Crippen molar-refractivity contribution in [3.63, 3.8) is 0 Å². The van der Waals surface area contributed by atoms with Crippen LogP contribution in [-0.4, -0.2) is 18.5 Å². The van der Waals surface area contributed by atoms with E-state index in [4.69, 9.17) is 4.74 Å². The van der Waals surface area contributed by atoms with Gasteiger partial charge >= 0.3 is 0 Å². The molecule has 1 aliphatic rings. The van der Waals surface area contributed by atoms with Gasteiger partial charge in [0.25, 0.3) is 0 Å². The molecule has 1 aliphatic heterocycles. The van der Waals surface area contributed by atoms with Crippen molar-refractivity contribution in [2.24, 2.45) is 0 Å². The lowest BCUT2D eigenvalue weighted by molar-refractivity contribution is -0.117. The number of carbonyl (C=O) groups is 1. The van der Waals surface area contributed by atoms with Gasteiger partial charge in [-0.1, -0.05) is 0 Å². The molecule has 0 amide bonds. The smallest absolute Gasteiger partial charge is 0.132 e. The van der Waals surface area contributed by atoms with Crippen LogP contribution in [0.1, 0.15) is 13.3 Å². The molecule has 0 radical (unpaired) electrons. The minimum absolute atomic E-state index is 0.225. The van der Waals surface area contributed by atoms with Gasteiger partial charge in [-0.3, -0.25) is 4.79 Å². The van der Waals surface area contributed by atoms with E-state index in [1.54, 1.807) is 6.92 Å². The molecule has 2 nitrogen and oxygen atoms in total. The topological polar surface area (TPSA) is 29.6 Å². The number of rotatable bonds is 2. The SMILES string of the molecule is CC(=O)CC1CO1. The zero-order valence-electron chi connectivity index (χ0n) is 4.31. The van der Waals surface area contributed by atoms with Crippen molar-refractivity contribution >= 4 is 5.78 Å². The normalized spacial score (nSPS) is 27.3.